The fourth-order valence-corrected chi connectivity index (χ4v) is 2.12. The molecule has 1 aromatic carbocycles. The SMILES string of the molecule is CCCc1ccc(C(C)C)c(/C=C(/C)CS)c1. The van der Waals surface area contributed by atoms with Crippen LogP contribution < -0.4 is 0 Å². The molecule has 0 aromatic heterocycles. The summed E-state index contributed by atoms with van der Waals surface area (Å²) >= 11 is 4.33. The summed E-state index contributed by atoms with van der Waals surface area (Å²) in [7, 11) is 0. The van der Waals surface area contributed by atoms with E-state index in [0.717, 1.165) is 5.75 Å². The average molecular weight is 248 g/mol. The Morgan fingerprint density at radius 2 is 2.06 bits per heavy atom. The van der Waals surface area contributed by atoms with Crippen molar-refractivity contribution in [3.8, 4) is 0 Å². The lowest BCUT2D eigenvalue weighted by Crippen LogP contribution is -1.95. The molecule has 17 heavy (non-hydrogen) atoms. The Morgan fingerprint density at radius 3 is 2.59 bits per heavy atom. The van der Waals surface area contributed by atoms with Crippen molar-refractivity contribution in [2.75, 3.05) is 5.75 Å². The molecule has 0 amide bonds. The van der Waals surface area contributed by atoms with Gasteiger partial charge in [-0.2, -0.15) is 12.6 Å². The number of aryl methyl sites for hydroxylation is 1. The second-order valence-corrected chi connectivity index (χ2v) is 5.33. The van der Waals surface area contributed by atoms with E-state index in [1.54, 1.807) is 0 Å². The van der Waals surface area contributed by atoms with E-state index in [9.17, 15) is 0 Å². The molecule has 94 valence electrons. The molecule has 0 nitrogen and oxygen atoms in total. The summed E-state index contributed by atoms with van der Waals surface area (Å²) in [6.07, 6.45) is 4.65. The lowest BCUT2D eigenvalue weighted by molar-refractivity contribution is 0.857. The van der Waals surface area contributed by atoms with E-state index in [0.29, 0.717) is 5.92 Å². The summed E-state index contributed by atoms with van der Waals surface area (Å²) in [5.41, 5.74) is 5.57. The summed E-state index contributed by atoms with van der Waals surface area (Å²) in [6, 6.07) is 6.89. The Balaban J connectivity index is 3.15. The third-order valence-electron chi connectivity index (χ3n) is 2.96. The topological polar surface area (TPSA) is 0 Å². The first kappa shape index (κ1) is 14.4. The zero-order valence-corrected chi connectivity index (χ0v) is 12.3. The minimum atomic E-state index is 0.574. The van der Waals surface area contributed by atoms with Crippen LogP contribution in [0.2, 0.25) is 0 Å². The summed E-state index contributed by atoms with van der Waals surface area (Å²) in [5.74, 6) is 1.40. The van der Waals surface area contributed by atoms with Crippen LogP contribution in [0.5, 0.6) is 0 Å². The molecule has 0 N–H and O–H groups in total. The molecule has 1 rings (SSSR count). The maximum Gasteiger partial charge on any atom is 0.0113 e. The number of thiol groups is 1. The van der Waals surface area contributed by atoms with Gasteiger partial charge in [-0.3, -0.25) is 0 Å². The Hall–Kier alpha value is -0.690. The van der Waals surface area contributed by atoms with Crippen LogP contribution in [0, 0.1) is 0 Å². The molecule has 0 saturated heterocycles. The molecule has 1 heteroatoms. The first-order valence-electron chi connectivity index (χ1n) is 6.49. The Labute approximate surface area is 112 Å². The Bertz CT molecular complexity index is 389. The molecule has 0 aliphatic rings. The molecule has 0 aliphatic carbocycles. The predicted molar refractivity (Wildman–Crippen MR) is 82.0 cm³/mol. The van der Waals surface area contributed by atoms with E-state index in [1.807, 2.05) is 0 Å². The third kappa shape index (κ3) is 4.23. The fraction of sp³-hybridized carbons (Fsp3) is 0.500. The molecule has 0 saturated carbocycles. The van der Waals surface area contributed by atoms with E-state index in [4.69, 9.17) is 0 Å². The van der Waals surface area contributed by atoms with Gasteiger partial charge in [-0.1, -0.05) is 57.0 Å². The van der Waals surface area contributed by atoms with Crippen LogP contribution >= 0.6 is 12.6 Å². The normalized spacial score (nSPS) is 12.2. The van der Waals surface area contributed by atoms with Gasteiger partial charge in [-0.25, -0.2) is 0 Å². The van der Waals surface area contributed by atoms with Gasteiger partial charge in [0, 0.05) is 5.75 Å². The van der Waals surface area contributed by atoms with Crippen molar-refractivity contribution in [2.24, 2.45) is 0 Å². The maximum atomic E-state index is 4.33. The Morgan fingerprint density at radius 1 is 1.35 bits per heavy atom. The molecular weight excluding hydrogens is 224 g/mol. The van der Waals surface area contributed by atoms with Crippen molar-refractivity contribution < 1.29 is 0 Å². The quantitative estimate of drug-likeness (QED) is 0.689. The lowest BCUT2D eigenvalue weighted by Gasteiger charge is -2.12. The Kier molecular flexibility index (Phi) is 5.84. The smallest absolute Gasteiger partial charge is 0.0113 e. The van der Waals surface area contributed by atoms with Crippen molar-refractivity contribution in [3.05, 3.63) is 40.5 Å². The van der Waals surface area contributed by atoms with Crippen LogP contribution in [0.1, 0.15) is 56.7 Å². The molecule has 0 aliphatic heterocycles. The van der Waals surface area contributed by atoms with E-state index < -0.39 is 0 Å². The van der Waals surface area contributed by atoms with Crippen LogP contribution in [0.4, 0.5) is 0 Å². The highest BCUT2D eigenvalue weighted by Gasteiger charge is 2.06. The summed E-state index contributed by atoms with van der Waals surface area (Å²) < 4.78 is 0. The number of benzene rings is 1. The summed E-state index contributed by atoms with van der Waals surface area (Å²) in [5, 5.41) is 0. The van der Waals surface area contributed by atoms with Gasteiger partial charge >= 0.3 is 0 Å². The van der Waals surface area contributed by atoms with E-state index in [2.05, 4.69) is 64.6 Å². The summed E-state index contributed by atoms with van der Waals surface area (Å²) in [6.45, 7) is 8.87. The van der Waals surface area contributed by atoms with Crippen LogP contribution in [-0.2, 0) is 6.42 Å². The standard InChI is InChI=1S/C16H24S/c1-5-6-14-7-8-16(12(2)3)15(10-14)9-13(4)11-17/h7-10,12,17H,5-6,11H2,1-4H3/b13-9-. The molecule has 0 heterocycles. The molecule has 0 radical (unpaired) electrons. The maximum absolute atomic E-state index is 4.33. The molecule has 0 unspecified atom stereocenters. The van der Waals surface area contributed by atoms with E-state index in [1.165, 1.54) is 35.1 Å². The largest absolute Gasteiger partial charge is 0.175 e. The number of rotatable bonds is 5. The molecule has 0 bridgehead atoms. The van der Waals surface area contributed by atoms with E-state index >= 15 is 0 Å². The minimum Gasteiger partial charge on any atom is -0.175 e. The second kappa shape index (κ2) is 6.90. The highest BCUT2D eigenvalue weighted by molar-refractivity contribution is 7.80. The highest BCUT2D eigenvalue weighted by atomic mass is 32.1. The van der Waals surface area contributed by atoms with Crippen LogP contribution in [0.15, 0.2) is 23.8 Å². The molecular formula is C16H24S. The molecule has 1 aromatic rings. The van der Waals surface area contributed by atoms with Crippen molar-refractivity contribution >= 4 is 18.7 Å². The average Bonchev–Trinajstić information content (AvgIpc) is 2.29. The first-order chi connectivity index (χ1) is 8.08. The lowest BCUT2D eigenvalue weighted by atomic mass is 9.93. The van der Waals surface area contributed by atoms with Gasteiger partial charge in [0.05, 0.1) is 0 Å². The van der Waals surface area contributed by atoms with Gasteiger partial charge in [0.15, 0.2) is 0 Å². The molecule has 0 fully saturated rings. The van der Waals surface area contributed by atoms with Crippen molar-refractivity contribution in [2.45, 2.75) is 46.5 Å². The van der Waals surface area contributed by atoms with Gasteiger partial charge in [0.1, 0.15) is 0 Å². The number of hydrogen-bond acceptors (Lipinski definition) is 1. The molecule has 0 atom stereocenters. The van der Waals surface area contributed by atoms with Crippen LogP contribution in [0.25, 0.3) is 6.08 Å². The summed E-state index contributed by atoms with van der Waals surface area (Å²) in [4.78, 5) is 0. The first-order valence-corrected chi connectivity index (χ1v) is 7.12. The zero-order valence-electron chi connectivity index (χ0n) is 11.5. The highest BCUT2D eigenvalue weighted by Crippen LogP contribution is 2.24. The van der Waals surface area contributed by atoms with Gasteiger partial charge < -0.3 is 0 Å². The van der Waals surface area contributed by atoms with Gasteiger partial charge in [-0.05, 0) is 36.0 Å². The van der Waals surface area contributed by atoms with Gasteiger partial charge in [0.25, 0.3) is 0 Å². The molecule has 0 spiro atoms. The third-order valence-corrected chi connectivity index (χ3v) is 3.46. The number of hydrogen-bond donors (Lipinski definition) is 1. The zero-order chi connectivity index (χ0) is 12.8. The van der Waals surface area contributed by atoms with Crippen LogP contribution in [0.3, 0.4) is 0 Å². The van der Waals surface area contributed by atoms with E-state index in [-0.39, 0.29) is 0 Å². The van der Waals surface area contributed by atoms with Gasteiger partial charge in [0.2, 0.25) is 0 Å². The monoisotopic (exact) mass is 248 g/mol. The van der Waals surface area contributed by atoms with Gasteiger partial charge in [-0.15, -0.1) is 0 Å². The van der Waals surface area contributed by atoms with Crippen molar-refractivity contribution in [1.82, 2.24) is 0 Å². The fourth-order valence-electron chi connectivity index (χ4n) is 2.03. The van der Waals surface area contributed by atoms with Crippen LogP contribution in [-0.4, -0.2) is 5.75 Å². The second-order valence-electron chi connectivity index (χ2n) is 5.02. The van der Waals surface area contributed by atoms with Crippen molar-refractivity contribution in [1.29, 1.82) is 0 Å². The van der Waals surface area contributed by atoms with Crippen molar-refractivity contribution in [3.63, 3.8) is 0 Å². The minimum absolute atomic E-state index is 0.574. The predicted octanol–water partition coefficient (Wildman–Crippen LogP) is 5.10.